The van der Waals surface area contributed by atoms with Gasteiger partial charge in [0.05, 0.1) is 6.61 Å². The van der Waals surface area contributed by atoms with Crippen molar-refractivity contribution in [3.63, 3.8) is 0 Å². The number of ether oxygens (including phenoxy) is 1. The topological polar surface area (TPSA) is 93.9 Å². The third-order valence-corrected chi connectivity index (χ3v) is 3.66. The minimum atomic E-state index is -0.803. The lowest BCUT2D eigenvalue weighted by Crippen LogP contribution is -2.37. The largest absolute Gasteiger partial charge is 0.490 e. The van der Waals surface area contributed by atoms with E-state index < -0.39 is 11.2 Å². The van der Waals surface area contributed by atoms with Gasteiger partial charge in [-0.1, -0.05) is 24.3 Å². The Kier molecular flexibility index (Phi) is 6.37. The third kappa shape index (κ3) is 5.54. The molecule has 1 aromatic rings. The molecule has 7 heteroatoms. The fourth-order valence-corrected chi connectivity index (χ4v) is 2.37. The normalized spacial score (nSPS) is 15.0. The first-order valence-electron chi connectivity index (χ1n) is 7.66. The molecule has 0 aromatic heterocycles. The fraction of sp³-hybridized carbons (Fsp3) is 0.500. The summed E-state index contributed by atoms with van der Waals surface area (Å²) < 4.78 is 5.70. The van der Waals surface area contributed by atoms with E-state index in [4.69, 9.17) is 4.74 Å². The van der Waals surface area contributed by atoms with Gasteiger partial charge < -0.3 is 20.0 Å². The van der Waals surface area contributed by atoms with Crippen molar-refractivity contribution in [2.24, 2.45) is 0 Å². The average Bonchev–Trinajstić information content (AvgIpc) is 2.99. The molecule has 0 aliphatic heterocycles. The van der Waals surface area contributed by atoms with Crippen LogP contribution in [0.4, 0.5) is 0 Å². The summed E-state index contributed by atoms with van der Waals surface area (Å²) in [5.74, 6) is 0.780. The highest BCUT2D eigenvalue weighted by atomic mass is 16.9. The maximum absolute atomic E-state index is 10.0. The van der Waals surface area contributed by atoms with E-state index >= 15 is 0 Å². The second-order valence-electron chi connectivity index (χ2n) is 5.56. The average molecular weight is 322 g/mol. The summed E-state index contributed by atoms with van der Waals surface area (Å²) in [5, 5.41) is 22.3. The molecule has 0 radical (unpaired) electrons. The molecule has 0 saturated carbocycles. The zero-order chi connectivity index (χ0) is 16.7. The highest BCUT2D eigenvalue weighted by Gasteiger charge is 2.13. The van der Waals surface area contributed by atoms with Crippen LogP contribution in [-0.4, -0.2) is 42.1 Å². The van der Waals surface area contributed by atoms with Gasteiger partial charge in [0.2, 0.25) is 0 Å². The number of aliphatic hydroxyl groups excluding tert-OH is 1. The smallest absolute Gasteiger partial charge is 0.294 e. The van der Waals surface area contributed by atoms with Gasteiger partial charge in [-0.3, -0.25) is 0 Å². The molecular weight excluding hydrogens is 300 g/mol. The Morgan fingerprint density at radius 1 is 1.48 bits per heavy atom. The molecule has 1 aliphatic rings. The summed E-state index contributed by atoms with van der Waals surface area (Å²) in [4.78, 5) is 14.3. The van der Waals surface area contributed by atoms with E-state index in [-0.39, 0.29) is 19.3 Å². The number of rotatable bonds is 10. The summed E-state index contributed by atoms with van der Waals surface area (Å²) in [6, 6.07) is 5.91. The lowest BCUT2D eigenvalue weighted by Gasteiger charge is -2.18. The van der Waals surface area contributed by atoms with Gasteiger partial charge in [-0.05, 0) is 31.4 Å². The van der Waals surface area contributed by atoms with Crippen molar-refractivity contribution in [2.75, 3.05) is 19.8 Å². The highest BCUT2D eigenvalue weighted by molar-refractivity contribution is 5.66. The predicted molar refractivity (Wildman–Crippen MR) is 85.7 cm³/mol. The molecule has 2 unspecified atom stereocenters. The van der Waals surface area contributed by atoms with Gasteiger partial charge in [0.15, 0.2) is 0 Å². The second kappa shape index (κ2) is 8.50. The molecule has 0 bridgehead atoms. The predicted octanol–water partition coefficient (Wildman–Crippen LogP) is 1.57. The van der Waals surface area contributed by atoms with Crippen LogP contribution in [-0.2, 0) is 11.3 Å². The standard InChI is InChI=1S/C16H22N2O5/c1-12(8-9-23-18(20)21)17-10-14(19)11-22-16-7-3-5-13-4-2-6-15(13)16/h2-3,5-7,12,14,17,19H,4,8-11H2,1H3. The Morgan fingerprint density at radius 3 is 3.09 bits per heavy atom. The van der Waals surface area contributed by atoms with Gasteiger partial charge in [0, 0.05) is 18.2 Å². The first-order valence-corrected chi connectivity index (χ1v) is 7.66. The number of benzene rings is 1. The summed E-state index contributed by atoms with van der Waals surface area (Å²) in [6.45, 7) is 2.46. The number of aliphatic hydroxyl groups is 1. The number of nitrogens with one attached hydrogen (secondary N) is 1. The van der Waals surface area contributed by atoms with Crippen molar-refractivity contribution in [3.8, 4) is 5.75 Å². The van der Waals surface area contributed by atoms with Crippen molar-refractivity contribution in [1.29, 1.82) is 0 Å². The van der Waals surface area contributed by atoms with Crippen LogP contribution in [0.2, 0.25) is 0 Å². The van der Waals surface area contributed by atoms with Gasteiger partial charge in [-0.25, -0.2) is 0 Å². The van der Waals surface area contributed by atoms with Gasteiger partial charge >= 0.3 is 0 Å². The molecule has 1 aliphatic carbocycles. The molecule has 7 nitrogen and oxygen atoms in total. The van der Waals surface area contributed by atoms with E-state index in [0.717, 1.165) is 17.7 Å². The minimum absolute atomic E-state index is 0.00788. The first kappa shape index (κ1) is 17.2. The Bertz CT molecular complexity index is 561. The van der Waals surface area contributed by atoms with E-state index in [2.05, 4.69) is 22.3 Å². The number of nitrogens with zero attached hydrogens (tertiary/aromatic N) is 1. The van der Waals surface area contributed by atoms with Crippen LogP contribution in [0.1, 0.15) is 24.5 Å². The summed E-state index contributed by atoms with van der Waals surface area (Å²) in [5.41, 5.74) is 2.31. The Balaban J connectivity index is 1.67. The molecule has 2 N–H and O–H groups in total. The Labute approximate surface area is 135 Å². The number of fused-ring (bicyclic) bond motifs is 1. The van der Waals surface area contributed by atoms with Crippen LogP contribution in [0.15, 0.2) is 24.3 Å². The minimum Gasteiger partial charge on any atom is -0.490 e. The SMILES string of the molecule is CC(CCO[N+](=O)[O-])NCC(O)COc1cccc2c1C=CC2. The lowest BCUT2D eigenvalue weighted by atomic mass is 10.1. The summed E-state index contributed by atoms with van der Waals surface area (Å²) in [7, 11) is 0. The molecule has 2 atom stereocenters. The van der Waals surface area contributed by atoms with Crippen LogP contribution >= 0.6 is 0 Å². The van der Waals surface area contributed by atoms with Crippen molar-refractivity contribution in [3.05, 3.63) is 45.5 Å². The van der Waals surface area contributed by atoms with Crippen molar-refractivity contribution >= 4 is 6.08 Å². The third-order valence-electron chi connectivity index (χ3n) is 3.66. The van der Waals surface area contributed by atoms with E-state index in [1.165, 1.54) is 5.56 Å². The van der Waals surface area contributed by atoms with Gasteiger partial charge in [-0.2, -0.15) is 0 Å². The van der Waals surface area contributed by atoms with Crippen LogP contribution in [0, 0.1) is 10.1 Å². The molecular formula is C16H22N2O5. The monoisotopic (exact) mass is 322 g/mol. The van der Waals surface area contributed by atoms with Gasteiger partial charge in [-0.15, -0.1) is 10.1 Å². The number of allylic oxidation sites excluding steroid dienone is 1. The molecule has 0 saturated heterocycles. The van der Waals surface area contributed by atoms with Crippen molar-refractivity contribution in [2.45, 2.75) is 31.9 Å². The number of hydrogen-bond donors (Lipinski definition) is 2. The van der Waals surface area contributed by atoms with Crippen molar-refractivity contribution in [1.82, 2.24) is 5.32 Å². The summed E-state index contributed by atoms with van der Waals surface area (Å²) >= 11 is 0. The maximum atomic E-state index is 10.0. The molecule has 0 heterocycles. The lowest BCUT2D eigenvalue weighted by molar-refractivity contribution is -0.757. The van der Waals surface area contributed by atoms with Crippen LogP contribution < -0.4 is 10.1 Å². The van der Waals surface area contributed by atoms with E-state index in [1.54, 1.807) is 0 Å². The Morgan fingerprint density at radius 2 is 2.30 bits per heavy atom. The quantitative estimate of drug-likeness (QED) is 0.502. The molecule has 0 fully saturated rings. The van der Waals surface area contributed by atoms with Gasteiger partial charge in [0.1, 0.15) is 18.5 Å². The van der Waals surface area contributed by atoms with Gasteiger partial charge in [0.25, 0.3) is 5.09 Å². The first-order chi connectivity index (χ1) is 11.1. The second-order valence-corrected chi connectivity index (χ2v) is 5.56. The van der Waals surface area contributed by atoms with Crippen LogP contribution in [0.5, 0.6) is 5.75 Å². The van der Waals surface area contributed by atoms with E-state index in [9.17, 15) is 15.2 Å². The molecule has 0 spiro atoms. The van der Waals surface area contributed by atoms with Crippen molar-refractivity contribution < 1.29 is 19.8 Å². The molecule has 126 valence electrons. The number of hydrogen-bond acceptors (Lipinski definition) is 6. The zero-order valence-corrected chi connectivity index (χ0v) is 13.1. The molecule has 1 aromatic carbocycles. The Hall–Kier alpha value is -2.12. The molecule has 0 amide bonds. The van der Waals surface area contributed by atoms with Crippen LogP contribution in [0.25, 0.3) is 6.08 Å². The highest BCUT2D eigenvalue weighted by Crippen LogP contribution is 2.28. The summed E-state index contributed by atoms with van der Waals surface area (Å²) in [6.07, 6.45) is 4.87. The van der Waals surface area contributed by atoms with Crippen LogP contribution in [0.3, 0.4) is 0 Å². The molecule has 23 heavy (non-hydrogen) atoms. The maximum Gasteiger partial charge on any atom is 0.294 e. The fourth-order valence-electron chi connectivity index (χ4n) is 2.37. The van der Waals surface area contributed by atoms with E-state index in [0.29, 0.717) is 13.0 Å². The van der Waals surface area contributed by atoms with E-state index in [1.807, 2.05) is 25.1 Å². The molecule has 2 rings (SSSR count). The zero-order valence-electron chi connectivity index (χ0n) is 13.1.